The van der Waals surface area contributed by atoms with Crippen LogP contribution in [0.4, 0.5) is 10.5 Å². The van der Waals surface area contributed by atoms with Gasteiger partial charge in [-0.05, 0) is 61.3 Å². The van der Waals surface area contributed by atoms with E-state index in [-0.39, 0.29) is 0 Å². The molecule has 1 N–H and O–H groups in total. The molecule has 0 radical (unpaired) electrons. The standard InChI is InChI=1S/C12H15BrClNO2/c1-7-5-8(13)9(14)6-10(7)15-11(16)17-12(2,3)4/h5-6H,1-4H3,(H,15,16). The summed E-state index contributed by atoms with van der Waals surface area (Å²) in [7, 11) is 0. The number of hydrogen-bond acceptors (Lipinski definition) is 2. The zero-order chi connectivity index (χ0) is 13.2. The Labute approximate surface area is 115 Å². The number of nitrogens with one attached hydrogen (secondary N) is 1. The molecular formula is C12H15BrClNO2. The van der Waals surface area contributed by atoms with Crippen LogP contribution in [0.25, 0.3) is 0 Å². The number of amides is 1. The van der Waals surface area contributed by atoms with Gasteiger partial charge in [0.05, 0.1) is 5.02 Å². The molecule has 1 rings (SSSR count). The van der Waals surface area contributed by atoms with Gasteiger partial charge in [0.1, 0.15) is 5.60 Å². The third-order valence-electron chi connectivity index (χ3n) is 1.90. The number of ether oxygens (including phenoxy) is 1. The molecule has 1 amide bonds. The van der Waals surface area contributed by atoms with Crippen molar-refractivity contribution in [2.45, 2.75) is 33.3 Å². The Balaban J connectivity index is 2.82. The van der Waals surface area contributed by atoms with Gasteiger partial charge in [0.2, 0.25) is 0 Å². The second kappa shape index (κ2) is 5.27. The van der Waals surface area contributed by atoms with Crippen molar-refractivity contribution >= 4 is 39.3 Å². The molecule has 94 valence electrons. The Morgan fingerprint density at radius 1 is 1.41 bits per heavy atom. The van der Waals surface area contributed by atoms with E-state index >= 15 is 0 Å². The number of carbonyl (C=O) groups is 1. The molecule has 0 aliphatic carbocycles. The Kier molecular flexibility index (Phi) is 4.44. The summed E-state index contributed by atoms with van der Waals surface area (Å²) in [5.41, 5.74) is 1.04. The van der Waals surface area contributed by atoms with Crippen molar-refractivity contribution in [1.29, 1.82) is 0 Å². The number of benzene rings is 1. The highest BCUT2D eigenvalue weighted by atomic mass is 79.9. The predicted octanol–water partition coefficient (Wildman–Crippen LogP) is 4.76. The molecule has 0 fully saturated rings. The summed E-state index contributed by atoms with van der Waals surface area (Å²) >= 11 is 9.28. The third-order valence-corrected chi connectivity index (χ3v) is 3.10. The SMILES string of the molecule is Cc1cc(Br)c(Cl)cc1NC(=O)OC(C)(C)C. The molecule has 0 heterocycles. The van der Waals surface area contributed by atoms with Crippen molar-refractivity contribution in [3.8, 4) is 0 Å². The van der Waals surface area contributed by atoms with E-state index in [1.165, 1.54) is 0 Å². The van der Waals surface area contributed by atoms with Crippen molar-refractivity contribution < 1.29 is 9.53 Å². The lowest BCUT2D eigenvalue weighted by Crippen LogP contribution is -2.27. The smallest absolute Gasteiger partial charge is 0.412 e. The Hall–Kier alpha value is -0.740. The highest BCUT2D eigenvalue weighted by Crippen LogP contribution is 2.29. The first-order valence-corrected chi connectivity index (χ1v) is 6.32. The summed E-state index contributed by atoms with van der Waals surface area (Å²) in [6.07, 6.45) is -0.487. The van der Waals surface area contributed by atoms with Gasteiger partial charge in [-0.1, -0.05) is 11.6 Å². The molecule has 0 bridgehead atoms. The van der Waals surface area contributed by atoms with E-state index in [9.17, 15) is 4.79 Å². The molecule has 0 saturated carbocycles. The lowest BCUT2D eigenvalue weighted by atomic mass is 10.2. The van der Waals surface area contributed by atoms with Crippen molar-refractivity contribution in [3.63, 3.8) is 0 Å². The van der Waals surface area contributed by atoms with E-state index in [2.05, 4.69) is 21.2 Å². The summed E-state index contributed by atoms with van der Waals surface area (Å²) < 4.78 is 5.96. The maximum atomic E-state index is 11.6. The molecular weight excluding hydrogens is 305 g/mol. The largest absolute Gasteiger partial charge is 0.444 e. The number of aryl methyl sites for hydroxylation is 1. The van der Waals surface area contributed by atoms with Gasteiger partial charge in [0.15, 0.2) is 0 Å². The Morgan fingerprint density at radius 2 is 2.00 bits per heavy atom. The maximum Gasteiger partial charge on any atom is 0.412 e. The van der Waals surface area contributed by atoms with Crippen LogP contribution < -0.4 is 5.32 Å². The molecule has 0 atom stereocenters. The molecule has 17 heavy (non-hydrogen) atoms. The van der Waals surface area contributed by atoms with E-state index in [1.54, 1.807) is 6.07 Å². The van der Waals surface area contributed by atoms with Gasteiger partial charge >= 0.3 is 6.09 Å². The molecule has 0 aliphatic heterocycles. The number of rotatable bonds is 1. The normalized spacial score (nSPS) is 11.2. The average Bonchev–Trinajstić information content (AvgIpc) is 2.11. The summed E-state index contributed by atoms with van der Waals surface area (Å²) in [4.78, 5) is 11.6. The molecule has 0 saturated heterocycles. The van der Waals surface area contributed by atoms with Crippen LogP contribution in [0.5, 0.6) is 0 Å². The molecule has 0 aliphatic rings. The molecule has 3 nitrogen and oxygen atoms in total. The van der Waals surface area contributed by atoms with Crippen molar-refractivity contribution in [2.75, 3.05) is 5.32 Å². The molecule has 1 aromatic carbocycles. The van der Waals surface area contributed by atoms with Crippen molar-refractivity contribution in [1.82, 2.24) is 0 Å². The van der Waals surface area contributed by atoms with Gasteiger partial charge in [0.25, 0.3) is 0 Å². The van der Waals surface area contributed by atoms with Crippen molar-refractivity contribution in [2.24, 2.45) is 0 Å². The van der Waals surface area contributed by atoms with Crippen LogP contribution in [0.2, 0.25) is 5.02 Å². The van der Waals surface area contributed by atoms with Crippen LogP contribution >= 0.6 is 27.5 Å². The van der Waals surface area contributed by atoms with Gasteiger partial charge in [0, 0.05) is 10.2 Å². The summed E-state index contributed by atoms with van der Waals surface area (Å²) in [6, 6.07) is 3.53. The molecule has 0 unspecified atom stereocenters. The minimum absolute atomic E-state index is 0.487. The first kappa shape index (κ1) is 14.3. The predicted molar refractivity (Wildman–Crippen MR) is 73.7 cm³/mol. The minimum Gasteiger partial charge on any atom is -0.444 e. The molecule has 0 spiro atoms. The summed E-state index contributed by atoms with van der Waals surface area (Å²) in [5.74, 6) is 0. The Morgan fingerprint density at radius 3 is 2.53 bits per heavy atom. The summed E-state index contributed by atoms with van der Waals surface area (Å²) in [5, 5.41) is 3.21. The fraction of sp³-hybridized carbons (Fsp3) is 0.417. The number of carbonyl (C=O) groups excluding carboxylic acids is 1. The lowest BCUT2D eigenvalue weighted by Gasteiger charge is -2.20. The van der Waals surface area contributed by atoms with Crippen LogP contribution in [-0.4, -0.2) is 11.7 Å². The van der Waals surface area contributed by atoms with Crippen LogP contribution in [-0.2, 0) is 4.74 Å². The van der Waals surface area contributed by atoms with E-state index in [1.807, 2.05) is 33.8 Å². The van der Waals surface area contributed by atoms with Gasteiger partial charge in [-0.25, -0.2) is 4.79 Å². The van der Waals surface area contributed by atoms with Crippen LogP contribution in [0.1, 0.15) is 26.3 Å². The molecule has 5 heteroatoms. The monoisotopic (exact) mass is 319 g/mol. The van der Waals surface area contributed by atoms with E-state index in [4.69, 9.17) is 16.3 Å². The van der Waals surface area contributed by atoms with Crippen LogP contribution in [0.3, 0.4) is 0 Å². The minimum atomic E-state index is -0.517. The highest BCUT2D eigenvalue weighted by molar-refractivity contribution is 9.10. The van der Waals surface area contributed by atoms with Crippen LogP contribution in [0, 0.1) is 6.92 Å². The zero-order valence-corrected chi connectivity index (χ0v) is 12.6. The van der Waals surface area contributed by atoms with E-state index < -0.39 is 11.7 Å². The topological polar surface area (TPSA) is 38.3 Å². The fourth-order valence-electron chi connectivity index (χ4n) is 1.19. The Bertz CT molecular complexity index is 441. The second-order valence-corrected chi connectivity index (χ2v) is 5.97. The third kappa shape index (κ3) is 4.56. The van der Waals surface area contributed by atoms with E-state index in [0.717, 1.165) is 10.0 Å². The molecule has 1 aromatic rings. The molecule has 0 aromatic heterocycles. The lowest BCUT2D eigenvalue weighted by molar-refractivity contribution is 0.0636. The van der Waals surface area contributed by atoms with Crippen molar-refractivity contribution in [3.05, 3.63) is 27.2 Å². The second-order valence-electron chi connectivity index (χ2n) is 4.71. The first-order chi connectivity index (χ1) is 7.69. The van der Waals surface area contributed by atoms with Gasteiger partial charge in [-0.2, -0.15) is 0 Å². The van der Waals surface area contributed by atoms with Gasteiger partial charge in [-0.15, -0.1) is 0 Å². The zero-order valence-electron chi connectivity index (χ0n) is 10.2. The number of halogens is 2. The summed E-state index contributed by atoms with van der Waals surface area (Å²) in [6.45, 7) is 7.32. The number of hydrogen-bond donors (Lipinski definition) is 1. The van der Waals surface area contributed by atoms with E-state index in [0.29, 0.717) is 10.7 Å². The first-order valence-electron chi connectivity index (χ1n) is 5.15. The highest BCUT2D eigenvalue weighted by Gasteiger charge is 2.17. The van der Waals surface area contributed by atoms with Gasteiger partial charge in [-0.3, -0.25) is 5.32 Å². The van der Waals surface area contributed by atoms with Gasteiger partial charge < -0.3 is 4.74 Å². The maximum absolute atomic E-state index is 11.6. The average molecular weight is 321 g/mol. The van der Waals surface area contributed by atoms with Crippen LogP contribution in [0.15, 0.2) is 16.6 Å². The fourth-order valence-corrected chi connectivity index (χ4v) is 1.82. The quantitative estimate of drug-likeness (QED) is 0.810. The number of anilines is 1.